The second-order valence-corrected chi connectivity index (χ2v) is 6.29. The Morgan fingerprint density at radius 1 is 1.20 bits per heavy atom. The Hall–Kier alpha value is -2.15. The zero-order valence-electron chi connectivity index (χ0n) is 14.5. The van der Waals surface area contributed by atoms with Crippen LogP contribution in [-0.2, 0) is 9.53 Å². The van der Waals surface area contributed by atoms with E-state index in [0.717, 1.165) is 19.3 Å². The maximum Gasteiger partial charge on any atom is 0.292 e. The monoisotopic (exact) mass is 349 g/mol. The van der Waals surface area contributed by atoms with Crippen molar-refractivity contribution in [2.24, 2.45) is 0 Å². The molecule has 0 spiro atoms. The predicted molar refractivity (Wildman–Crippen MR) is 96.7 cm³/mol. The topological polar surface area (TPSA) is 93.5 Å². The Morgan fingerprint density at radius 2 is 1.96 bits per heavy atom. The van der Waals surface area contributed by atoms with E-state index in [2.05, 4.69) is 10.6 Å². The van der Waals surface area contributed by atoms with E-state index >= 15 is 0 Å². The molecule has 2 N–H and O–H groups in total. The number of hydrogen-bond acceptors (Lipinski definition) is 5. The molecule has 0 radical (unpaired) electrons. The first-order chi connectivity index (χ1) is 12.2. The van der Waals surface area contributed by atoms with Crippen LogP contribution in [0.4, 0.5) is 11.4 Å². The van der Waals surface area contributed by atoms with E-state index < -0.39 is 4.92 Å². The lowest BCUT2D eigenvalue weighted by Crippen LogP contribution is -2.27. The van der Waals surface area contributed by atoms with Crippen LogP contribution in [0.15, 0.2) is 24.3 Å². The number of rotatable bonds is 10. The summed E-state index contributed by atoms with van der Waals surface area (Å²) in [4.78, 5) is 22.3. The van der Waals surface area contributed by atoms with Crippen molar-refractivity contribution < 1.29 is 14.5 Å². The average molecular weight is 349 g/mol. The van der Waals surface area contributed by atoms with Gasteiger partial charge in [0.2, 0.25) is 5.91 Å². The quantitative estimate of drug-likeness (QED) is 0.384. The smallest absolute Gasteiger partial charge is 0.292 e. The molecule has 25 heavy (non-hydrogen) atoms. The van der Waals surface area contributed by atoms with Crippen LogP contribution in [0.3, 0.4) is 0 Å². The summed E-state index contributed by atoms with van der Waals surface area (Å²) in [7, 11) is 0. The summed E-state index contributed by atoms with van der Waals surface area (Å²) in [5.41, 5.74) is 0.448. The second-order valence-electron chi connectivity index (χ2n) is 6.29. The van der Waals surface area contributed by atoms with Crippen LogP contribution in [0.2, 0.25) is 0 Å². The summed E-state index contributed by atoms with van der Waals surface area (Å²) in [5, 5.41) is 16.7. The molecule has 2 rings (SSSR count). The molecule has 1 saturated carbocycles. The molecule has 0 unspecified atom stereocenters. The molecule has 0 atom stereocenters. The van der Waals surface area contributed by atoms with Gasteiger partial charge >= 0.3 is 0 Å². The van der Waals surface area contributed by atoms with Crippen molar-refractivity contribution >= 4 is 17.3 Å². The number of nitro groups is 1. The SMILES string of the molecule is O=C(CCNc1ccccc1[N+](=O)[O-])NCCCOC1CCCCC1. The van der Waals surface area contributed by atoms with Crippen molar-refractivity contribution in [3.63, 3.8) is 0 Å². The fraction of sp³-hybridized carbons (Fsp3) is 0.611. The van der Waals surface area contributed by atoms with Gasteiger partial charge in [0.1, 0.15) is 5.69 Å². The van der Waals surface area contributed by atoms with E-state index in [9.17, 15) is 14.9 Å². The van der Waals surface area contributed by atoms with Crippen LogP contribution in [0.5, 0.6) is 0 Å². The van der Waals surface area contributed by atoms with Crippen molar-refractivity contribution in [3.05, 3.63) is 34.4 Å². The van der Waals surface area contributed by atoms with Crippen molar-refractivity contribution in [1.29, 1.82) is 0 Å². The number of nitro benzene ring substituents is 1. The fourth-order valence-corrected chi connectivity index (χ4v) is 2.96. The van der Waals surface area contributed by atoms with E-state index in [1.807, 2.05) is 0 Å². The minimum Gasteiger partial charge on any atom is -0.379 e. The fourth-order valence-electron chi connectivity index (χ4n) is 2.96. The summed E-state index contributed by atoms with van der Waals surface area (Å²) in [6.45, 7) is 1.63. The Balaban J connectivity index is 1.54. The molecule has 1 aliphatic rings. The molecule has 1 aromatic carbocycles. The van der Waals surface area contributed by atoms with Gasteiger partial charge in [-0.3, -0.25) is 14.9 Å². The molecule has 1 aromatic rings. The van der Waals surface area contributed by atoms with Gasteiger partial charge in [-0.15, -0.1) is 0 Å². The van der Waals surface area contributed by atoms with Crippen LogP contribution < -0.4 is 10.6 Å². The lowest BCUT2D eigenvalue weighted by atomic mass is 9.98. The summed E-state index contributed by atoms with van der Waals surface area (Å²) in [5.74, 6) is -0.0660. The standard InChI is InChI=1S/C18H27N3O4/c22-18(20-12-6-14-25-15-7-2-1-3-8-15)11-13-19-16-9-4-5-10-17(16)21(23)24/h4-5,9-10,15,19H,1-3,6-8,11-14H2,(H,20,22). The number of anilines is 1. The summed E-state index contributed by atoms with van der Waals surface area (Å²) in [6.07, 6.45) is 7.62. The van der Waals surface area contributed by atoms with E-state index in [1.54, 1.807) is 18.2 Å². The summed E-state index contributed by atoms with van der Waals surface area (Å²) >= 11 is 0. The Morgan fingerprint density at radius 3 is 2.72 bits per heavy atom. The van der Waals surface area contributed by atoms with Gasteiger partial charge in [-0.25, -0.2) is 0 Å². The third-order valence-electron chi connectivity index (χ3n) is 4.32. The predicted octanol–water partition coefficient (Wildman–Crippen LogP) is 3.25. The highest BCUT2D eigenvalue weighted by molar-refractivity contribution is 5.76. The number of benzene rings is 1. The molecule has 1 fully saturated rings. The number of nitrogens with one attached hydrogen (secondary N) is 2. The Kier molecular flexibility index (Phi) is 8.18. The first-order valence-electron chi connectivity index (χ1n) is 9.02. The molecule has 7 nitrogen and oxygen atoms in total. The highest BCUT2D eigenvalue weighted by atomic mass is 16.6. The minimum absolute atomic E-state index is 0.0165. The molecule has 0 aliphatic heterocycles. The first-order valence-corrected chi connectivity index (χ1v) is 9.02. The van der Waals surface area contributed by atoms with Crippen LogP contribution in [0, 0.1) is 10.1 Å². The van der Waals surface area contributed by atoms with E-state index in [-0.39, 0.29) is 18.0 Å². The number of amides is 1. The van der Waals surface area contributed by atoms with Crippen LogP contribution in [-0.4, -0.2) is 36.6 Å². The summed E-state index contributed by atoms with van der Waals surface area (Å²) < 4.78 is 5.81. The molecule has 0 bridgehead atoms. The van der Waals surface area contributed by atoms with Gasteiger partial charge in [0.25, 0.3) is 5.69 Å². The third-order valence-corrected chi connectivity index (χ3v) is 4.32. The molecule has 0 heterocycles. The van der Waals surface area contributed by atoms with Gasteiger partial charge in [0, 0.05) is 32.2 Å². The number of ether oxygens (including phenoxy) is 1. The normalized spacial score (nSPS) is 14.9. The second kappa shape index (κ2) is 10.7. The highest BCUT2D eigenvalue weighted by Crippen LogP contribution is 2.23. The van der Waals surface area contributed by atoms with Crippen LogP contribution in [0.1, 0.15) is 44.9 Å². The number of para-hydroxylation sites is 2. The molecule has 7 heteroatoms. The Labute approximate surface area is 148 Å². The molecule has 0 aromatic heterocycles. The van der Waals surface area contributed by atoms with E-state index in [0.29, 0.717) is 31.5 Å². The van der Waals surface area contributed by atoms with Gasteiger partial charge < -0.3 is 15.4 Å². The molecule has 0 saturated heterocycles. The average Bonchev–Trinajstić information content (AvgIpc) is 2.62. The lowest BCUT2D eigenvalue weighted by molar-refractivity contribution is -0.384. The van der Waals surface area contributed by atoms with Crippen LogP contribution >= 0.6 is 0 Å². The zero-order chi connectivity index (χ0) is 17.9. The highest BCUT2D eigenvalue weighted by Gasteiger charge is 2.13. The first kappa shape index (κ1) is 19.2. The van der Waals surface area contributed by atoms with Crippen LogP contribution in [0.25, 0.3) is 0 Å². The van der Waals surface area contributed by atoms with Crippen molar-refractivity contribution in [2.45, 2.75) is 51.0 Å². The molecule has 1 amide bonds. The molecule has 1 aliphatic carbocycles. The summed E-state index contributed by atoms with van der Waals surface area (Å²) in [6, 6.07) is 6.42. The number of nitrogens with zero attached hydrogens (tertiary/aromatic N) is 1. The van der Waals surface area contributed by atoms with Gasteiger partial charge in [0.05, 0.1) is 11.0 Å². The largest absolute Gasteiger partial charge is 0.379 e. The van der Waals surface area contributed by atoms with Crippen molar-refractivity contribution in [1.82, 2.24) is 5.32 Å². The number of carbonyl (C=O) groups is 1. The van der Waals surface area contributed by atoms with Crippen molar-refractivity contribution in [3.8, 4) is 0 Å². The Bertz CT molecular complexity index is 559. The van der Waals surface area contributed by atoms with E-state index in [1.165, 1.54) is 25.3 Å². The molecular formula is C18H27N3O4. The van der Waals surface area contributed by atoms with Gasteiger partial charge in [-0.1, -0.05) is 31.4 Å². The maximum atomic E-state index is 11.8. The minimum atomic E-state index is -0.436. The van der Waals surface area contributed by atoms with E-state index in [4.69, 9.17) is 4.74 Å². The molecular weight excluding hydrogens is 322 g/mol. The molecule has 138 valence electrons. The third kappa shape index (κ3) is 7.09. The number of carbonyl (C=O) groups excluding carboxylic acids is 1. The van der Waals surface area contributed by atoms with Gasteiger partial charge in [-0.05, 0) is 25.3 Å². The zero-order valence-corrected chi connectivity index (χ0v) is 14.5. The number of hydrogen-bond donors (Lipinski definition) is 2. The van der Waals surface area contributed by atoms with Crippen molar-refractivity contribution in [2.75, 3.05) is 25.0 Å². The maximum absolute atomic E-state index is 11.8. The van der Waals surface area contributed by atoms with Gasteiger partial charge in [0.15, 0.2) is 0 Å². The lowest BCUT2D eigenvalue weighted by Gasteiger charge is -2.21. The van der Waals surface area contributed by atoms with Gasteiger partial charge in [-0.2, -0.15) is 0 Å².